The van der Waals surface area contributed by atoms with E-state index < -0.39 is 0 Å². The minimum Gasteiger partial charge on any atom is -0.492 e. The van der Waals surface area contributed by atoms with E-state index in [4.69, 9.17) is 9.47 Å². The van der Waals surface area contributed by atoms with Crippen LogP contribution in [0.2, 0.25) is 0 Å². The van der Waals surface area contributed by atoms with Crippen LogP contribution in [0.25, 0.3) is 5.65 Å². The van der Waals surface area contributed by atoms with Gasteiger partial charge in [0.2, 0.25) is 0 Å². The lowest BCUT2D eigenvalue weighted by atomic mass is 10.0. The molecule has 1 saturated heterocycles. The number of pyridine rings is 1. The molecule has 1 atom stereocenters. The van der Waals surface area contributed by atoms with Gasteiger partial charge in [0.25, 0.3) is 0 Å². The first-order valence-electron chi connectivity index (χ1n) is 6.64. The fourth-order valence-electron chi connectivity index (χ4n) is 2.45. The van der Waals surface area contributed by atoms with Crippen LogP contribution in [0.5, 0.6) is 5.75 Å². The van der Waals surface area contributed by atoms with Crippen LogP contribution in [0.1, 0.15) is 19.0 Å². The number of fused-ring (bicyclic) bond motifs is 1. The first kappa shape index (κ1) is 12.9. The largest absolute Gasteiger partial charge is 0.492 e. The van der Waals surface area contributed by atoms with E-state index >= 15 is 0 Å². The summed E-state index contributed by atoms with van der Waals surface area (Å²) in [4.78, 5) is 4.67. The lowest BCUT2D eigenvalue weighted by Crippen LogP contribution is -2.03. The summed E-state index contributed by atoms with van der Waals surface area (Å²) in [6, 6.07) is 1.97. The molecule has 2 aromatic heterocycles. The van der Waals surface area contributed by atoms with Gasteiger partial charge in [-0.15, -0.1) is 0 Å². The number of hydrogen-bond donors (Lipinski definition) is 0. The highest BCUT2D eigenvalue weighted by atomic mass is 79.9. The quantitative estimate of drug-likeness (QED) is 0.867. The molecule has 1 aliphatic heterocycles. The molecule has 0 aromatic carbocycles. The highest BCUT2D eigenvalue weighted by Gasteiger charge is 2.17. The van der Waals surface area contributed by atoms with Crippen molar-refractivity contribution in [2.45, 2.75) is 19.8 Å². The van der Waals surface area contributed by atoms with E-state index in [9.17, 15) is 0 Å². The number of imidazole rings is 1. The molecule has 0 amide bonds. The molecule has 102 valence electrons. The molecule has 0 saturated carbocycles. The minimum atomic E-state index is 0.611. The summed E-state index contributed by atoms with van der Waals surface area (Å²) in [6.45, 7) is 4.38. The van der Waals surface area contributed by atoms with E-state index in [1.54, 1.807) is 0 Å². The van der Waals surface area contributed by atoms with Gasteiger partial charge in [-0.1, -0.05) is 0 Å². The van der Waals surface area contributed by atoms with E-state index in [1.807, 2.05) is 23.6 Å². The summed E-state index contributed by atoms with van der Waals surface area (Å²) in [5.74, 6) is 1.45. The van der Waals surface area contributed by atoms with Crippen LogP contribution in [-0.4, -0.2) is 29.2 Å². The molecule has 19 heavy (non-hydrogen) atoms. The van der Waals surface area contributed by atoms with Crippen LogP contribution in [0.3, 0.4) is 0 Å². The van der Waals surface area contributed by atoms with Crippen molar-refractivity contribution >= 4 is 21.6 Å². The number of nitrogens with zero attached hydrogens (tertiary/aromatic N) is 2. The molecule has 1 unspecified atom stereocenters. The third kappa shape index (κ3) is 2.77. The Morgan fingerprint density at radius 3 is 3.16 bits per heavy atom. The van der Waals surface area contributed by atoms with Gasteiger partial charge in [-0.2, -0.15) is 0 Å². The normalized spacial score (nSPS) is 19.2. The molecule has 1 aliphatic rings. The summed E-state index contributed by atoms with van der Waals surface area (Å²) in [6.07, 6.45) is 6.22. The van der Waals surface area contributed by atoms with Crippen molar-refractivity contribution in [1.29, 1.82) is 0 Å². The van der Waals surface area contributed by atoms with E-state index in [-0.39, 0.29) is 0 Å². The van der Waals surface area contributed by atoms with Crippen LogP contribution in [0.4, 0.5) is 0 Å². The molecule has 4 nitrogen and oxygen atoms in total. The predicted molar refractivity (Wildman–Crippen MR) is 76.7 cm³/mol. The van der Waals surface area contributed by atoms with Gasteiger partial charge in [-0.25, -0.2) is 4.98 Å². The molecular weight excluding hydrogens is 308 g/mol. The summed E-state index contributed by atoms with van der Waals surface area (Å²) >= 11 is 3.52. The highest BCUT2D eigenvalue weighted by molar-refractivity contribution is 9.10. The molecule has 3 rings (SSSR count). The van der Waals surface area contributed by atoms with Gasteiger partial charge in [-0.05, 0) is 41.6 Å². The number of ether oxygens (including phenoxy) is 2. The number of rotatable bonds is 4. The SMILES string of the molecule is CCOc1cc2nc(CC3CCOC3)cn2cc1Br. The van der Waals surface area contributed by atoms with Gasteiger partial charge in [-0.3, -0.25) is 0 Å². The lowest BCUT2D eigenvalue weighted by molar-refractivity contribution is 0.185. The van der Waals surface area contributed by atoms with Gasteiger partial charge in [0, 0.05) is 31.7 Å². The minimum absolute atomic E-state index is 0.611. The standard InChI is InChI=1S/C14H17BrN2O2/c1-2-19-13-6-14-16-11(5-10-3-4-18-9-10)7-17(14)8-12(13)15/h6-8,10H,2-5,9H2,1H3. The third-order valence-corrected chi connectivity index (χ3v) is 3.98. The molecule has 0 aliphatic carbocycles. The lowest BCUT2D eigenvalue weighted by Gasteiger charge is -2.05. The predicted octanol–water partition coefficient (Wildman–Crippen LogP) is 3.07. The van der Waals surface area contributed by atoms with Gasteiger partial charge in [0.15, 0.2) is 0 Å². The Hall–Kier alpha value is -1.07. The summed E-state index contributed by atoms with van der Waals surface area (Å²) < 4.78 is 14.0. The first-order valence-corrected chi connectivity index (χ1v) is 7.43. The van der Waals surface area contributed by atoms with Gasteiger partial charge in [0.1, 0.15) is 11.4 Å². The molecule has 0 bridgehead atoms. The Balaban J connectivity index is 1.87. The van der Waals surface area contributed by atoms with Crippen molar-refractivity contribution in [3.05, 3.63) is 28.6 Å². The summed E-state index contributed by atoms with van der Waals surface area (Å²) in [5, 5.41) is 0. The Bertz CT molecular complexity index is 576. The Labute approximate surface area is 120 Å². The van der Waals surface area contributed by atoms with Crippen molar-refractivity contribution in [3.63, 3.8) is 0 Å². The van der Waals surface area contributed by atoms with E-state index in [1.165, 1.54) is 0 Å². The third-order valence-electron chi connectivity index (χ3n) is 3.38. The molecule has 1 fully saturated rings. The van der Waals surface area contributed by atoms with E-state index in [0.29, 0.717) is 12.5 Å². The summed E-state index contributed by atoms with van der Waals surface area (Å²) in [5.41, 5.74) is 2.05. The molecule has 0 spiro atoms. The number of halogens is 1. The molecular formula is C14H17BrN2O2. The molecule has 0 N–H and O–H groups in total. The van der Waals surface area contributed by atoms with Crippen molar-refractivity contribution in [3.8, 4) is 5.75 Å². The summed E-state index contributed by atoms with van der Waals surface area (Å²) in [7, 11) is 0. The Morgan fingerprint density at radius 2 is 2.42 bits per heavy atom. The van der Waals surface area contributed by atoms with E-state index in [0.717, 1.165) is 47.6 Å². The number of aromatic nitrogens is 2. The highest BCUT2D eigenvalue weighted by Crippen LogP contribution is 2.27. The van der Waals surface area contributed by atoms with Crippen LogP contribution in [0, 0.1) is 5.92 Å². The van der Waals surface area contributed by atoms with Crippen molar-refractivity contribution < 1.29 is 9.47 Å². The fourth-order valence-corrected chi connectivity index (χ4v) is 2.90. The Morgan fingerprint density at radius 1 is 1.53 bits per heavy atom. The zero-order valence-corrected chi connectivity index (χ0v) is 12.5. The number of hydrogen-bond acceptors (Lipinski definition) is 3. The maximum Gasteiger partial charge on any atom is 0.140 e. The van der Waals surface area contributed by atoms with E-state index in [2.05, 4.69) is 27.1 Å². The topological polar surface area (TPSA) is 35.8 Å². The second-order valence-corrected chi connectivity index (χ2v) is 5.70. The van der Waals surface area contributed by atoms with Gasteiger partial charge < -0.3 is 13.9 Å². The zero-order chi connectivity index (χ0) is 13.2. The molecule has 5 heteroatoms. The van der Waals surface area contributed by atoms with Crippen LogP contribution < -0.4 is 4.74 Å². The van der Waals surface area contributed by atoms with Crippen molar-refractivity contribution in [2.75, 3.05) is 19.8 Å². The fraction of sp³-hybridized carbons (Fsp3) is 0.500. The average molecular weight is 325 g/mol. The average Bonchev–Trinajstić information content (AvgIpc) is 2.99. The molecule has 0 radical (unpaired) electrons. The molecule has 2 aromatic rings. The van der Waals surface area contributed by atoms with Crippen molar-refractivity contribution in [2.24, 2.45) is 5.92 Å². The maximum absolute atomic E-state index is 5.57. The van der Waals surface area contributed by atoms with Gasteiger partial charge >= 0.3 is 0 Å². The molecule has 3 heterocycles. The zero-order valence-electron chi connectivity index (χ0n) is 10.9. The van der Waals surface area contributed by atoms with Gasteiger partial charge in [0.05, 0.1) is 16.8 Å². The van der Waals surface area contributed by atoms with Crippen molar-refractivity contribution in [1.82, 2.24) is 9.38 Å². The maximum atomic E-state index is 5.57. The van der Waals surface area contributed by atoms with Crippen LogP contribution in [0.15, 0.2) is 22.9 Å². The smallest absolute Gasteiger partial charge is 0.140 e. The van der Waals surface area contributed by atoms with Crippen LogP contribution >= 0.6 is 15.9 Å². The Kier molecular flexibility index (Phi) is 3.75. The monoisotopic (exact) mass is 324 g/mol. The van der Waals surface area contributed by atoms with Crippen LogP contribution in [-0.2, 0) is 11.2 Å². The first-order chi connectivity index (χ1) is 9.26. The second-order valence-electron chi connectivity index (χ2n) is 4.85. The second kappa shape index (κ2) is 5.51.